The Bertz CT molecular complexity index is 1290. The topological polar surface area (TPSA) is 129 Å². The molecule has 0 unspecified atom stereocenters. The zero-order valence-electron chi connectivity index (χ0n) is 17.9. The second kappa shape index (κ2) is 8.91. The van der Waals surface area contributed by atoms with Gasteiger partial charge in [-0.25, -0.2) is 0 Å². The van der Waals surface area contributed by atoms with E-state index in [-0.39, 0.29) is 29.2 Å². The van der Waals surface area contributed by atoms with E-state index in [1.165, 1.54) is 32.6 Å². The lowest BCUT2D eigenvalue weighted by atomic mass is 10.1. The summed E-state index contributed by atoms with van der Waals surface area (Å²) in [6.45, 7) is 0.199. The fourth-order valence-electron chi connectivity index (χ4n) is 3.46. The highest BCUT2D eigenvalue weighted by Gasteiger charge is 2.28. The number of anilines is 1. The van der Waals surface area contributed by atoms with E-state index >= 15 is 0 Å². The average molecular weight is 447 g/mol. The zero-order chi connectivity index (χ0) is 23.5. The van der Waals surface area contributed by atoms with E-state index in [2.05, 4.69) is 15.6 Å². The molecular formula is C24H21N3O6. The van der Waals surface area contributed by atoms with Crippen molar-refractivity contribution >= 4 is 29.4 Å². The minimum atomic E-state index is -0.507. The first-order valence-corrected chi connectivity index (χ1v) is 9.95. The van der Waals surface area contributed by atoms with Gasteiger partial charge in [0.2, 0.25) is 0 Å². The number of hydrogen-bond donors (Lipinski definition) is 4. The Kier molecular flexibility index (Phi) is 5.86. The number of carbonyl (C=O) groups excluding carboxylic acids is 2. The Balaban J connectivity index is 1.71. The maximum atomic E-state index is 12.1. The van der Waals surface area contributed by atoms with E-state index in [9.17, 15) is 19.8 Å². The van der Waals surface area contributed by atoms with Crippen molar-refractivity contribution in [1.29, 1.82) is 0 Å². The van der Waals surface area contributed by atoms with E-state index in [0.29, 0.717) is 34.0 Å². The minimum absolute atomic E-state index is 0.00654. The van der Waals surface area contributed by atoms with Gasteiger partial charge in [-0.2, -0.15) is 0 Å². The number of aliphatic imine (C=N–C) groups is 1. The molecule has 0 fully saturated rings. The zero-order valence-corrected chi connectivity index (χ0v) is 17.9. The molecule has 3 aromatic carbocycles. The summed E-state index contributed by atoms with van der Waals surface area (Å²) in [6, 6.07) is 13.1. The molecule has 0 atom stereocenters. The summed E-state index contributed by atoms with van der Waals surface area (Å²) < 4.78 is 10.3. The van der Waals surface area contributed by atoms with Crippen molar-refractivity contribution in [3.63, 3.8) is 0 Å². The third kappa shape index (κ3) is 4.16. The highest BCUT2D eigenvalue weighted by atomic mass is 16.5. The van der Waals surface area contributed by atoms with Crippen molar-refractivity contribution in [1.82, 2.24) is 5.32 Å². The predicted molar refractivity (Wildman–Crippen MR) is 122 cm³/mol. The second-order valence-electron chi connectivity index (χ2n) is 7.18. The number of amides is 2. The normalized spacial score (nSPS) is 12.5. The molecule has 0 aliphatic carbocycles. The average Bonchev–Trinajstić information content (AvgIpc) is 3.09. The maximum Gasteiger partial charge on any atom is 0.259 e. The monoisotopic (exact) mass is 447 g/mol. The SMILES string of the molecule is COc1cccc(C=Nc2cc3c(cc2NCc2cccc(OC)c2O)C(=O)NC3=O)c1O. The number of carbonyl (C=O) groups is 2. The van der Waals surface area contributed by atoms with Crippen LogP contribution in [0, 0.1) is 0 Å². The van der Waals surface area contributed by atoms with Crippen LogP contribution in [0.4, 0.5) is 11.4 Å². The molecule has 4 rings (SSSR count). The molecule has 1 heterocycles. The molecule has 0 saturated heterocycles. The second-order valence-corrected chi connectivity index (χ2v) is 7.18. The van der Waals surface area contributed by atoms with Gasteiger partial charge in [-0.15, -0.1) is 0 Å². The molecule has 1 aliphatic rings. The quantitative estimate of drug-likeness (QED) is 0.323. The van der Waals surface area contributed by atoms with Crippen LogP contribution in [0.5, 0.6) is 23.0 Å². The molecule has 0 spiro atoms. The lowest BCUT2D eigenvalue weighted by Gasteiger charge is -2.13. The van der Waals surface area contributed by atoms with E-state index in [1.54, 1.807) is 36.4 Å². The number of aromatic hydroxyl groups is 2. The number of nitrogens with zero attached hydrogens (tertiary/aromatic N) is 1. The fourth-order valence-corrected chi connectivity index (χ4v) is 3.46. The number of rotatable bonds is 7. The number of imide groups is 1. The van der Waals surface area contributed by atoms with Gasteiger partial charge in [0.25, 0.3) is 11.8 Å². The first-order valence-electron chi connectivity index (χ1n) is 9.95. The lowest BCUT2D eigenvalue weighted by molar-refractivity contribution is 0.0879. The smallest absolute Gasteiger partial charge is 0.259 e. The summed E-state index contributed by atoms with van der Waals surface area (Å²) in [7, 11) is 2.91. The van der Waals surface area contributed by atoms with Crippen molar-refractivity contribution in [2.45, 2.75) is 6.54 Å². The summed E-state index contributed by atoms with van der Waals surface area (Å²) >= 11 is 0. The number of para-hydroxylation sites is 2. The minimum Gasteiger partial charge on any atom is -0.504 e. The molecule has 0 aromatic heterocycles. The number of hydrogen-bond acceptors (Lipinski definition) is 8. The molecule has 0 bridgehead atoms. The molecule has 3 aromatic rings. The van der Waals surface area contributed by atoms with Crippen molar-refractivity contribution in [3.05, 3.63) is 70.8 Å². The van der Waals surface area contributed by atoms with Crippen LogP contribution in [0.15, 0.2) is 53.5 Å². The van der Waals surface area contributed by atoms with E-state index in [1.807, 2.05) is 0 Å². The van der Waals surface area contributed by atoms with Crippen LogP contribution >= 0.6 is 0 Å². The fraction of sp³-hybridized carbons (Fsp3) is 0.125. The Morgan fingerprint density at radius 1 is 0.939 bits per heavy atom. The van der Waals surface area contributed by atoms with E-state index in [0.717, 1.165) is 0 Å². The molecule has 168 valence electrons. The molecular weight excluding hydrogens is 426 g/mol. The molecule has 1 aliphatic heterocycles. The van der Waals surface area contributed by atoms with Gasteiger partial charge in [-0.3, -0.25) is 19.9 Å². The maximum absolute atomic E-state index is 12.1. The molecule has 9 nitrogen and oxygen atoms in total. The number of phenolic OH excluding ortho intramolecular Hbond substituents is 2. The summed E-state index contributed by atoms with van der Waals surface area (Å²) in [5.41, 5.74) is 2.22. The summed E-state index contributed by atoms with van der Waals surface area (Å²) in [4.78, 5) is 28.7. The molecule has 4 N–H and O–H groups in total. The van der Waals surface area contributed by atoms with Gasteiger partial charge in [-0.1, -0.05) is 18.2 Å². The van der Waals surface area contributed by atoms with Crippen molar-refractivity contribution in [2.75, 3.05) is 19.5 Å². The predicted octanol–water partition coefficient (Wildman–Crippen LogP) is 3.36. The molecule has 9 heteroatoms. The summed E-state index contributed by atoms with van der Waals surface area (Å²) in [5, 5.41) is 26.1. The Morgan fingerprint density at radius 2 is 1.58 bits per heavy atom. The van der Waals surface area contributed by atoms with Crippen molar-refractivity contribution < 1.29 is 29.3 Å². The number of benzene rings is 3. The van der Waals surface area contributed by atoms with Gasteiger partial charge in [0.15, 0.2) is 23.0 Å². The first kappa shape index (κ1) is 21.7. The number of fused-ring (bicyclic) bond motifs is 1. The van der Waals surface area contributed by atoms with Crippen LogP contribution in [-0.4, -0.2) is 42.5 Å². The van der Waals surface area contributed by atoms with Crippen LogP contribution in [0.1, 0.15) is 31.8 Å². The lowest BCUT2D eigenvalue weighted by Crippen LogP contribution is -2.19. The number of nitrogens with one attached hydrogen (secondary N) is 2. The molecule has 0 saturated carbocycles. The highest BCUT2D eigenvalue weighted by Crippen LogP contribution is 2.35. The van der Waals surface area contributed by atoms with Crippen LogP contribution < -0.4 is 20.1 Å². The first-order chi connectivity index (χ1) is 15.9. The van der Waals surface area contributed by atoms with Gasteiger partial charge in [-0.05, 0) is 30.3 Å². The van der Waals surface area contributed by atoms with Crippen LogP contribution in [0.25, 0.3) is 0 Å². The third-order valence-corrected chi connectivity index (χ3v) is 5.22. The largest absolute Gasteiger partial charge is 0.504 e. The van der Waals surface area contributed by atoms with Gasteiger partial charge < -0.3 is 25.0 Å². The standard InChI is InChI=1S/C24H21N3O6/c1-32-19-7-3-5-13(21(19)28)11-25-17-9-15-16(24(31)27-23(15)30)10-18(17)26-12-14-6-4-8-20(33-2)22(14)29/h3-11,26,28-29H,12H2,1-2H3,(H,27,30,31). The summed E-state index contributed by atoms with van der Waals surface area (Å²) in [5.74, 6) is -0.456. The van der Waals surface area contributed by atoms with Crippen molar-refractivity contribution in [3.8, 4) is 23.0 Å². The van der Waals surface area contributed by atoms with Crippen LogP contribution in [0.2, 0.25) is 0 Å². The Morgan fingerprint density at radius 3 is 2.27 bits per heavy atom. The van der Waals surface area contributed by atoms with Crippen LogP contribution in [-0.2, 0) is 6.54 Å². The van der Waals surface area contributed by atoms with E-state index in [4.69, 9.17) is 9.47 Å². The van der Waals surface area contributed by atoms with E-state index < -0.39 is 11.8 Å². The number of ether oxygens (including phenoxy) is 2. The molecule has 0 radical (unpaired) electrons. The molecule has 2 amide bonds. The number of phenols is 2. The van der Waals surface area contributed by atoms with Gasteiger partial charge >= 0.3 is 0 Å². The Labute approximate surface area is 189 Å². The summed E-state index contributed by atoms with van der Waals surface area (Å²) in [6.07, 6.45) is 1.43. The van der Waals surface area contributed by atoms with Gasteiger partial charge in [0.1, 0.15) is 0 Å². The third-order valence-electron chi connectivity index (χ3n) is 5.22. The Hall–Kier alpha value is -4.53. The van der Waals surface area contributed by atoms with Crippen molar-refractivity contribution in [2.24, 2.45) is 4.99 Å². The van der Waals surface area contributed by atoms with Gasteiger partial charge in [0.05, 0.1) is 36.7 Å². The van der Waals surface area contributed by atoms with Gasteiger partial charge in [0, 0.05) is 23.9 Å². The highest BCUT2D eigenvalue weighted by molar-refractivity contribution is 6.22. The molecule has 33 heavy (non-hydrogen) atoms. The van der Waals surface area contributed by atoms with Crippen LogP contribution in [0.3, 0.4) is 0 Å². The number of methoxy groups -OCH3 is 2.